The first-order chi connectivity index (χ1) is 12.6. The lowest BCUT2D eigenvalue weighted by atomic mass is 9.89. The monoisotopic (exact) mass is 378 g/mol. The van der Waals surface area contributed by atoms with Crippen LogP contribution in [0.5, 0.6) is 5.75 Å². The molecule has 0 radical (unpaired) electrons. The Kier molecular flexibility index (Phi) is 6.68. The average Bonchev–Trinajstić information content (AvgIpc) is 2.57. The van der Waals surface area contributed by atoms with Crippen LogP contribution in [0.3, 0.4) is 0 Å². The molecule has 1 aromatic carbocycles. The van der Waals surface area contributed by atoms with Gasteiger partial charge in [-0.05, 0) is 33.3 Å². The first-order valence-corrected chi connectivity index (χ1v) is 9.37. The zero-order chi connectivity index (χ0) is 20.2. The van der Waals surface area contributed by atoms with Gasteiger partial charge >= 0.3 is 0 Å². The molecule has 1 aliphatic heterocycles. The van der Waals surface area contributed by atoms with E-state index in [2.05, 4.69) is 29.5 Å². The Balaban J connectivity index is 2.27. The number of nitrogens with zero attached hydrogens (tertiary/aromatic N) is 2. The zero-order valence-corrected chi connectivity index (χ0v) is 17.1. The van der Waals surface area contributed by atoms with Crippen LogP contribution in [0.1, 0.15) is 52.1 Å². The second-order valence-corrected chi connectivity index (χ2v) is 7.85. The van der Waals surface area contributed by atoms with Crippen molar-refractivity contribution in [3.63, 3.8) is 0 Å². The van der Waals surface area contributed by atoms with Crippen molar-refractivity contribution in [3.8, 4) is 5.75 Å². The van der Waals surface area contributed by atoms with Crippen LogP contribution in [0.4, 0.5) is 4.39 Å². The topological polar surface area (TPSA) is 66.0 Å². The third-order valence-corrected chi connectivity index (χ3v) is 4.61. The molecule has 0 spiro atoms. The summed E-state index contributed by atoms with van der Waals surface area (Å²) >= 11 is 0. The fourth-order valence-electron chi connectivity index (χ4n) is 2.88. The Labute approximate surface area is 161 Å². The summed E-state index contributed by atoms with van der Waals surface area (Å²) in [4.78, 5) is 17.9. The van der Waals surface area contributed by atoms with Crippen molar-refractivity contribution in [3.05, 3.63) is 29.6 Å². The molecule has 7 heteroatoms. The number of ether oxygens (including phenoxy) is 1. The highest BCUT2D eigenvalue weighted by molar-refractivity contribution is 5.85. The highest BCUT2D eigenvalue weighted by Gasteiger charge is 2.34. The van der Waals surface area contributed by atoms with E-state index in [1.165, 1.54) is 17.0 Å². The summed E-state index contributed by atoms with van der Waals surface area (Å²) in [5.74, 6) is 0.706. The van der Waals surface area contributed by atoms with Gasteiger partial charge in [0.2, 0.25) is 5.91 Å². The molecule has 0 saturated carbocycles. The number of halogens is 1. The van der Waals surface area contributed by atoms with Crippen molar-refractivity contribution in [1.29, 1.82) is 0 Å². The Morgan fingerprint density at radius 2 is 2.15 bits per heavy atom. The molecule has 1 heterocycles. The first-order valence-electron chi connectivity index (χ1n) is 9.37. The minimum Gasteiger partial charge on any atom is -0.487 e. The molecule has 0 fully saturated rings. The summed E-state index contributed by atoms with van der Waals surface area (Å²) in [5.41, 5.74) is 0.438. The number of benzene rings is 1. The van der Waals surface area contributed by atoms with Crippen LogP contribution in [0.25, 0.3) is 0 Å². The third kappa shape index (κ3) is 5.84. The van der Waals surface area contributed by atoms with Gasteiger partial charge in [-0.15, -0.1) is 0 Å². The number of hydrogen-bond acceptors (Lipinski definition) is 3. The molecule has 150 valence electrons. The molecule has 0 aromatic heterocycles. The van der Waals surface area contributed by atoms with E-state index >= 15 is 0 Å². The van der Waals surface area contributed by atoms with Gasteiger partial charge in [-0.25, -0.2) is 9.38 Å². The van der Waals surface area contributed by atoms with Gasteiger partial charge in [0.15, 0.2) is 5.96 Å². The van der Waals surface area contributed by atoms with E-state index in [0.29, 0.717) is 18.1 Å². The lowest BCUT2D eigenvalue weighted by Gasteiger charge is -2.38. The van der Waals surface area contributed by atoms with Gasteiger partial charge < -0.3 is 20.3 Å². The van der Waals surface area contributed by atoms with Crippen LogP contribution in [0.15, 0.2) is 23.2 Å². The normalized spacial score (nSPS) is 19.5. The number of guanidine groups is 1. The third-order valence-electron chi connectivity index (χ3n) is 4.61. The Hall–Kier alpha value is -2.31. The number of fused-ring (bicyclic) bond motifs is 1. The largest absolute Gasteiger partial charge is 0.487 e. The van der Waals surface area contributed by atoms with E-state index in [9.17, 15) is 9.18 Å². The molecule has 0 aliphatic carbocycles. The molecule has 1 aromatic rings. The SMILES string of the molecule is CCC(C)NC(=NCC(=O)N(C)C)NC1CC(C)(C)Oc2cc(F)ccc21. The molecule has 2 atom stereocenters. The Morgan fingerprint density at radius 1 is 1.44 bits per heavy atom. The number of likely N-dealkylation sites (N-methyl/N-ethyl adjacent to an activating group) is 1. The van der Waals surface area contributed by atoms with Crippen LogP contribution in [0.2, 0.25) is 0 Å². The maximum Gasteiger partial charge on any atom is 0.243 e. The molecule has 0 bridgehead atoms. The fraction of sp³-hybridized carbons (Fsp3) is 0.600. The predicted octanol–water partition coefficient (Wildman–Crippen LogP) is 2.85. The zero-order valence-electron chi connectivity index (χ0n) is 17.1. The van der Waals surface area contributed by atoms with Crippen molar-refractivity contribution >= 4 is 11.9 Å². The molecule has 2 unspecified atom stereocenters. The second-order valence-electron chi connectivity index (χ2n) is 7.85. The maximum atomic E-state index is 13.7. The number of amides is 1. The summed E-state index contributed by atoms with van der Waals surface area (Å²) in [6.07, 6.45) is 1.61. The quantitative estimate of drug-likeness (QED) is 0.611. The number of nitrogens with one attached hydrogen (secondary N) is 2. The van der Waals surface area contributed by atoms with E-state index in [0.717, 1.165) is 12.0 Å². The van der Waals surface area contributed by atoms with Crippen molar-refractivity contribution < 1.29 is 13.9 Å². The summed E-state index contributed by atoms with van der Waals surface area (Å²) < 4.78 is 19.6. The molecule has 0 saturated heterocycles. The van der Waals surface area contributed by atoms with Crippen LogP contribution in [-0.4, -0.2) is 49.0 Å². The molecule has 2 rings (SSSR count). The number of hydrogen-bond donors (Lipinski definition) is 2. The highest BCUT2D eigenvalue weighted by Crippen LogP contribution is 2.39. The van der Waals surface area contributed by atoms with E-state index in [1.54, 1.807) is 20.2 Å². The van der Waals surface area contributed by atoms with E-state index in [4.69, 9.17) is 4.74 Å². The molecule has 6 nitrogen and oxygen atoms in total. The van der Waals surface area contributed by atoms with E-state index < -0.39 is 5.60 Å². The van der Waals surface area contributed by atoms with Crippen LogP contribution >= 0.6 is 0 Å². The summed E-state index contributed by atoms with van der Waals surface area (Å²) in [6.45, 7) is 8.15. The smallest absolute Gasteiger partial charge is 0.243 e. The lowest BCUT2D eigenvalue weighted by molar-refractivity contribution is -0.127. The van der Waals surface area contributed by atoms with Gasteiger partial charge in [0.25, 0.3) is 0 Å². The average molecular weight is 378 g/mol. The van der Waals surface area contributed by atoms with Crippen molar-refractivity contribution in [1.82, 2.24) is 15.5 Å². The van der Waals surface area contributed by atoms with E-state index in [-0.39, 0.29) is 30.4 Å². The molecular formula is C20H31FN4O2. The van der Waals surface area contributed by atoms with E-state index in [1.807, 2.05) is 13.8 Å². The van der Waals surface area contributed by atoms with Gasteiger partial charge in [-0.2, -0.15) is 0 Å². The summed E-state index contributed by atoms with van der Waals surface area (Å²) in [6, 6.07) is 4.69. The second kappa shape index (κ2) is 8.59. The molecule has 2 N–H and O–H groups in total. The van der Waals surface area contributed by atoms with Gasteiger partial charge in [0.1, 0.15) is 23.7 Å². The molecule has 1 aliphatic rings. The predicted molar refractivity (Wildman–Crippen MR) is 105 cm³/mol. The Morgan fingerprint density at radius 3 is 2.78 bits per heavy atom. The van der Waals surface area contributed by atoms with Crippen molar-refractivity contribution in [2.75, 3.05) is 20.6 Å². The summed E-state index contributed by atoms with van der Waals surface area (Å²) in [5, 5.41) is 6.74. The molecule has 1 amide bonds. The standard InChI is InChI=1S/C20H31FN4O2/c1-7-13(2)23-19(22-12-18(26)25(5)6)24-16-11-20(3,4)27-17-10-14(21)8-9-15(16)17/h8-10,13,16H,7,11-12H2,1-6H3,(H2,22,23,24). The molecular weight excluding hydrogens is 347 g/mol. The lowest BCUT2D eigenvalue weighted by Crippen LogP contribution is -2.47. The highest BCUT2D eigenvalue weighted by atomic mass is 19.1. The van der Waals surface area contributed by atoms with Gasteiger partial charge in [-0.3, -0.25) is 4.79 Å². The minimum atomic E-state index is -0.445. The van der Waals surface area contributed by atoms with Crippen molar-refractivity contribution in [2.45, 2.75) is 58.2 Å². The Bertz CT molecular complexity index is 703. The minimum absolute atomic E-state index is 0.0572. The number of rotatable bonds is 5. The van der Waals surface area contributed by atoms with Crippen LogP contribution in [0, 0.1) is 5.82 Å². The number of carbonyl (C=O) groups excluding carboxylic acids is 1. The summed E-state index contributed by atoms with van der Waals surface area (Å²) in [7, 11) is 3.41. The first kappa shape index (κ1) is 21.0. The maximum absolute atomic E-state index is 13.7. The molecule has 27 heavy (non-hydrogen) atoms. The van der Waals surface area contributed by atoms with Crippen molar-refractivity contribution in [2.24, 2.45) is 4.99 Å². The van der Waals surface area contributed by atoms with Crippen LogP contribution < -0.4 is 15.4 Å². The van der Waals surface area contributed by atoms with Gasteiger partial charge in [0, 0.05) is 38.2 Å². The van der Waals surface area contributed by atoms with Crippen LogP contribution in [-0.2, 0) is 4.79 Å². The van der Waals surface area contributed by atoms with Gasteiger partial charge in [0.05, 0.1) is 6.04 Å². The fourth-order valence-corrected chi connectivity index (χ4v) is 2.88. The number of carbonyl (C=O) groups is 1. The van der Waals surface area contributed by atoms with Gasteiger partial charge in [-0.1, -0.05) is 13.0 Å². The number of aliphatic imine (C=N–C) groups is 1.